The molecular formula is C19H18FNO3. The lowest BCUT2D eigenvalue weighted by molar-refractivity contribution is -0.139. The molecule has 2 aromatic carbocycles. The zero-order valence-electron chi connectivity index (χ0n) is 13.6. The standard InChI is InChI=1S/C19H18FNO3/c1-12-9-13(7-8-16(12)20)11-21-18(23)19(2)10-14-5-3-4-6-15(14)17(22)24-19/h3-9H,10-11H2,1-2H3,(H,21,23). The van der Waals surface area contributed by atoms with E-state index < -0.39 is 11.6 Å². The molecule has 124 valence electrons. The SMILES string of the molecule is Cc1cc(CNC(=O)C2(C)Cc3ccccc3C(=O)O2)ccc1F. The smallest absolute Gasteiger partial charge is 0.339 e. The monoisotopic (exact) mass is 327 g/mol. The normalized spacial score (nSPS) is 19.4. The fraction of sp³-hybridized carbons (Fsp3) is 0.263. The van der Waals surface area contributed by atoms with E-state index in [1.807, 2.05) is 12.1 Å². The first-order valence-electron chi connectivity index (χ1n) is 7.74. The molecule has 0 saturated carbocycles. The molecular weight excluding hydrogens is 309 g/mol. The van der Waals surface area contributed by atoms with Gasteiger partial charge in [-0.3, -0.25) is 4.79 Å². The van der Waals surface area contributed by atoms with Gasteiger partial charge in [0.05, 0.1) is 5.56 Å². The second-order valence-electron chi connectivity index (χ2n) is 6.22. The second kappa shape index (κ2) is 6.07. The number of rotatable bonds is 3. The van der Waals surface area contributed by atoms with Gasteiger partial charge in [0.1, 0.15) is 5.82 Å². The number of halogens is 1. The van der Waals surface area contributed by atoms with Crippen molar-refractivity contribution in [1.82, 2.24) is 5.32 Å². The lowest BCUT2D eigenvalue weighted by Crippen LogP contribution is -2.51. The molecule has 3 rings (SSSR count). The van der Waals surface area contributed by atoms with Crippen LogP contribution in [0.4, 0.5) is 4.39 Å². The minimum absolute atomic E-state index is 0.245. The van der Waals surface area contributed by atoms with Gasteiger partial charge in [-0.1, -0.05) is 30.3 Å². The van der Waals surface area contributed by atoms with Crippen LogP contribution < -0.4 is 5.32 Å². The van der Waals surface area contributed by atoms with Gasteiger partial charge in [0, 0.05) is 13.0 Å². The zero-order chi connectivity index (χ0) is 17.3. The number of hydrogen-bond donors (Lipinski definition) is 1. The maximum atomic E-state index is 13.3. The maximum absolute atomic E-state index is 13.3. The van der Waals surface area contributed by atoms with E-state index in [9.17, 15) is 14.0 Å². The predicted molar refractivity (Wildman–Crippen MR) is 87.0 cm³/mol. The number of carbonyl (C=O) groups excluding carboxylic acids is 2. The molecule has 0 spiro atoms. The van der Waals surface area contributed by atoms with E-state index in [0.29, 0.717) is 17.5 Å². The van der Waals surface area contributed by atoms with Crippen molar-refractivity contribution in [2.45, 2.75) is 32.4 Å². The number of cyclic esters (lactones) is 1. The van der Waals surface area contributed by atoms with Crippen LogP contribution in [0, 0.1) is 12.7 Å². The van der Waals surface area contributed by atoms with Crippen molar-refractivity contribution in [2.24, 2.45) is 0 Å². The number of carbonyl (C=O) groups is 2. The summed E-state index contributed by atoms with van der Waals surface area (Å²) in [4.78, 5) is 24.7. The van der Waals surface area contributed by atoms with Gasteiger partial charge in [0.15, 0.2) is 5.60 Å². The Morgan fingerprint density at radius 2 is 2.04 bits per heavy atom. The van der Waals surface area contributed by atoms with Crippen LogP contribution in [0.15, 0.2) is 42.5 Å². The van der Waals surface area contributed by atoms with E-state index in [4.69, 9.17) is 4.74 Å². The molecule has 1 aliphatic heterocycles. The fourth-order valence-electron chi connectivity index (χ4n) is 2.85. The van der Waals surface area contributed by atoms with E-state index in [0.717, 1.165) is 11.1 Å². The molecule has 5 heteroatoms. The summed E-state index contributed by atoms with van der Waals surface area (Å²) in [5.41, 5.74) is 1.35. The lowest BCUT2D eigenvalue weighted by atomic mass is 9.89. The van der Waals surface area contributed by atoms with Gasteiger partial charge in [0.25, 0.3) is 5.91 Å². The molecule has 0 aromatic heterocycles. The molecule has 0 bridgehead atoms. The Hall–Kier alpha value is -2.69. The third kappa shape index (κ3) is 3.02. The first-order valence-corrected chi connectivity index (χ1v) is 7.74. The number of esters is 1. The molecule has 0 radical (unpaired) electrons. The summed E-state index contributed by atoms with van der Waals surface area (Å²) in [6.45, 7) is 3.52. The van der Waals surface area contributed by atoms with E-state index in [1.165, 1.54) is 6.07 Å². The van der Waals surface area contributed by atoms with Crippen LogP contribution in [0.1, 0.15) is 34.0 Å². The minimum Gasteiger partial charge on any atom is -0.445 e. The van der Waals surface area contributed by atoms with Gasteiger partial charge >= 0.3 is 5.97 Å². The van der Waals surface area contributed by atoms with E-state index in [1.54, 1.807) is 38.1 Å². The number of amides is 1. The van der Waals surface area contributed by atoms with Crippen molar-refractivity contribution >= 4 is 11.9 Å². The zero-order valence-corrected chi connectivity index (χ0v) is 13.6. The quantitative estimate of drug-likeness (QED) is 0.882. The molecule has 1 atom stereocenters. The predicted octanol–water partition coefficient (Wildman–Crippen LogP) is 2.92. The van der Waals surface area contributed by atoms with Gasteiger partial charge < -0.3 is 10.1 Å². The van der Waals surface area contributed by atoms with Gasteiger partial charge in [-0.25, -0.2) is 9.18 Å². The average Bonchev–Trinajstić information content (AvgIpc) is 2.55. The van der Waals surface area contributed by atoms with Crippen molar-refractivity contribution < 1.29 is 18.7 Å². The van der Waals surface area contributed by atoms with E-state index in [-0.39, 0.29) is 18.3 Å². The number of ether oxygens (including phenoxy) is 1. The molecule has 0 fully saturated rings. The topological polar surface area (TPSA) is 55.4 Å². The van der Waals surface area contributed by atoms with Crippen LogP contribution in [0.25, 0.3) is 0 Å². The van der Waals surface area contributed by atoms with Crippen LogP contribution in [-0.4, -0.2) is 17.5 Å². The number of aryl methyl sites for hydroxylation is 1. The fourth-order valence-corrected chi connectivity index (χ4v) is 2.85. The summed E-state index contributed by atoms with van der Waals surface area (Å²) in [6, 6.07) is 11.8. The molecule has 2 aromatic rings. The first kappa shape index (κ1) is 16.2. The minimum atomic E-state index is -1.25. The largest absolute Gasteiger partial charge is 0.445 e. The van der Waals surface area contributed by atoms with Gasteiger partial charge in [0.2, 0.25) is 0 Å². The number of hydrogen-bond acceptors (Lipinski definition) is 3. The van der Waals surface area contributed by atoms with E-state index in [2.05, 4.69) is 5.32 Å². The Balaban J connectivity index is 1.73. The van der Waals surface area contributed by atoms with E-state index >= 15 is 0 Å². The molecule has 0 aliphatic carbocycles. The van der Waals surface area contributed by atoms with Crippen LogP contribution in [0.3, 0.4) is 0 Å². The lowest BCUT2D eigenvalue weighted by Gasteiger charge is -2.33. The summed E-state index contributed by atoms with van der Waals surface area (Å²) >= 11 is 0. The van der Waals surface area contributed by atoms with Crippen LogP contribution in [-0.2, 0) is 22.5 Å². The first-order chi connectivity index (χ1) is 11.4. The summed E-state index contributed by atoms with van der Waals surface area (Å²) in [7, 11) is 0. The molecule has 1 unspecified atom stereocenters. The highest BCUT2D eigenvalue weighted by atomic mass is 19.1. The van der Waals surface area contributed by atoms with Gasteiger partial charge in [-0.2, -0.15) is 0 Å². The number of benzene rings is 2. The Morgan fingerprint density at radius 3 is 2.79 bits per heavy atom. The van der Waals surface area contributed by atoms with Crippen molar-refractivity contribution in [3.63, 3.8) is 0 Å². The Bertz CT molecular complexity index is 818. The number of nitrogens with one attached hydrogen (secondary N) is 1. The molecule has 0 saturated heterocycles. The summed E-state index contributed by atoms with van der Waals surface area (Å²) in [5.74, 6) is -1.14. The third-order valence-electron chi connectivity index (χ3n) is 4.24. The molecule has 24 heavy (non-hydrogen) atoms. The Morgan fingerprint density at radius 1 is 1.29 bits per heavy atom. The van der Waals surface area contributed by atoms with Crippen LogP contribution >= 0.6 is 0 Å². The molecule has 1 aliphatic rings. The van der Waals surface area contributed by atoms with Gasteiger partial charge in [-0.05, 0) is 42.7 Å². The van der Waals surface area contributed by atoms with Crippen molar-refractivity contribution in [3.05, 3.63) is 70.5 Å². The molecule has 4 nitrogen and oxygen atoms in total. The highest BCUT2D eigenvalue weighted by Crippen LogP contribution is 2.28. The summed E-state index contributed by atoms with van der Waals surface area (Å²) < 4.78 is 18.7. The third-order valence-corrected chi connectivity index (χ3v) is 4.24. The molecule has 1 amide bonds. The molecule has 1 N–H and O–H groups in total. The molecule has 1 heterocycles. The Kier molecular flexibility index (Phi) is 4.09. The highest BCUT2D eigenvalue weighted by molar-refractivity contribution is 5.97. The highest BCUT2D eigenvalue weighted by Gasteiger charge is 2.42. The van der Waals surface area contributed by atoms with Crippen molar-refractivity contribution in [2.75, 3.05) is 0 Å². The van der Waals surface area contributed by atoms with Gasteiger partial charge in [-0.15, -0.1) is 0 Å². The Labute approximate surface area is 139 Å². The van der Waals surface area contributed by atoms with Crippen LogP contribution in [0.5, 0.6) is 0 Å². The van der Waals surface area contributed by atoms with Crippen molar-refractivity contribution in [1.29, 1.82) is 0 Å². The average molecular weight is 327 g/mol. The van der Waals surface area contributed by atoms with Crippen molar-refractivity contribution in [3.8, 4) is 0 Å². The second-order valence-corrected chi connectivity index (χ2v) is 6.22. The number of fused-ring (bicyclic) bond motifs is 1. The summed E-state index contributed by atoms with van der Waals surface area (Å²) in [6.07, 6.45) is 0.323. The van der Waals surface area contributed by atoms with Crippen LogP contribution in [0.2, 0.25) is 0 Å². The maximum Gasteiger partial charge on any atom is 0.339 e. The summed E-state index contributed by atoms with van der Waals surface area (Å²) in [5, 5.41) is 2.77.